The summed E-state index contributed by atoms with van der Waals surface area (Å²) in [6.07, 6.45) is 1.77. The van der Waals surface area contributed by atoms with Gasteiger partial charge in [0, 0.05) is 0 Å². The number of aromatic amines is 1. The standard InChI is InChI=1S/C11H10N4S/c1-7-9(6-12-15-7)14-11-13-8-4-2-3-5-10(8)16-11/h2-6H,1H3,(H,12,15)(H,13,14). The zero-order valence-corrected chi connectivity index (χ0v) is 9.51. The molecule has 0 aliphatic carbocycles. The molecule has 0 saturated heterocycles. The van der Waals surface area contributed by atoms with Crippen molar-refractivity contribution in [2.24, 2.45) is 0 Å². The van der Waals surface area contributed by atoms with Crippen LogP contribution in [0, 0.1) is 6.92 Å². The van der Waals surface area contributed by atoms with Gasteiger partial charge in [0.25, 0.3) is 0 Å². The third kappa shape index (κ3) is 1.55. The van der Waals surface area contributed by atoms with Gasteiger partial charge in [-0.1, -0.05) is 23.5 Å². The van der Waals surface area contributed by atoms with E-state index in [1.165, 1.54) is 4.70 Å². The van der Waals surface area contributed by atoms with Crippen molar-refractivity contribution in [3.63, 3.8) is 0 Å². The maximum absolute atomic E-state index is 4.49. The zero-order valence-electron chi connectivity index (χ0n) is 8.69. The van der Waals surface area contributed by atoms with Crippen LogP contribution in [0.5, 0.6) is 0 Å². The average molecular weight is 230 g/mol. The number of benzene rings is 1. The van der Waals surface area contributed by atoms with Gasteiger partial charge >= 0.3 is 0 Å². The molecule has 0 bridgehead atoms. The van der Waals surface area contributed by atoms with Crippen LogP contribution in [0.1, 0.15) is 5.69 Å². The molecule has 0 fully saturated rings. The molecule has 2 N–H and O–H groups in total. The Hall–Kier alpha value is -1.88. The third-order valence-corrected chi connectivity index (χ3v) is 3.32. The third-order valence-electron chi connectivity index (χ3n) is 2.37. The van der Waals surface area contributed by atoms with Crippen LogP contribution >= 0.6 is 11.3 Å². The van der Waals surface area contributed by atoms with E-state index in [-0.39, 0.29) is 0 Å². The highest BCUT2D eigenvalue weighted by atomic mass is 32.1. The number of hydrogen-bond acceptors (Lipinski definition) is 4. The molecule has 0 unspecified atom stereocenters. The van der Waals surface area contributed by atoms with Crippen molar-refractivity contribution in [1.29, 1.82) is 0 Å². The van der Waals surface area contributed by atoms with Gasteiger partial charge in [0.1, 0.15) is 0 Å². The predicted molar refractivity (Wildman–Crippen MR) is 66.2 cm³/mol. The van der Waals surface area contributed by atoms with E-state index in [0.29, 0.717) is 0 Å². The molecule has 1 aromatic carbocycles. The van der Waals surface area contributed by atoms with Crippen molar-refractivity contribution < 1.29 is 0 Å². The molecule has 2 heterocycles. The Bertz CT molecular complexity index is 592. The Kier molecular flexibility index (Phi) is 2.11. The van der Waals surface area contributed by atoms with Gasteiger partial charge < -0.3 is 5.32 Å². The molecule has 3 rings (SSSR count). The fraction of sp³-hybridized carbons (Fsp3) is 0.0909. The van der Waals surface area contributed by atoms with E-state index in [1.807, 2.05) is 25.1 Å². The van der Waals surface area contributed by atoms with E-state index in [4.69, 9.17) is 0 Å². The van der Waals surface area contributed by atoms with Crippen LogP contribution in [0.25, 0.3) is 10.2 Å². The Morgan fingerprint density at radius 3 is 2.94 bits per heavy atom. The second-order valence-electron chi connectivity index (χ2n) is 3.52. The highest BCUT2D eigenvalue weighted by Crippen LogP contribution is 2.28. The number of aryl methyl sites for hydroxylation is 1. The zero-order chi connectivity index (χ0) is 11.0. The smallest absolute Gasteiger partial charge is 0.188 e. The number of fused-ring (bicyclic) bond motifs is 1. The summed E-state index contributed by atoms with van der Waals surface area (Å²) in [7, 11) is 0. The Balaban J connectivity index is 1.98. The van der Waals surface area contributed by atoms with E-state index < -0.39 is 0 Å². The molecule has 0 aliphatic rings. The van der Waals surface area contributed by atoms with Crippen LogP contribution in [0.3, 0.4) is 0 Å². The summed E-state index contributed by atoms with van der Waals surface area (Å²) in [5.74, 6) is 0. The van der Waals surface area contributed by atoms with Gasteiger partial charge in [-0.3, -0.25) is 5.10 Å². The molecular formula is C11H10N4S. The van der Waals surface area contributed by atoms with Crippen molar-refractivity contribution in [2.45, 2.75) is 6.92 Å². The first-order valence-corrected chi connectivity index (χ1v) is 5.77. The van der Waals surface area contributed by atoms with Crippen molar-refractivity contribution in [1.82, 2.24) is 15.2 Å². The number of H-pyrrole nitrogens is 1. The van der Waals surface area contributed by atoms with Crippen LogP contribution in [-0.2, 0) is 0 Å². The molecule has 0 saturated carbocycles. The Morgan fingerprint density at radius 1 is 1.31 bits per heavy atom. The topological polar surface area (TPSA) is 53.6 Å². The summed E-state index contributed by atoms with van der Waals surface area (Å²) in [4.78, 5) is 4.49. The molecule has 0 atom stereocenters. The fourth-order valence-corrected chi connectivity index (χ4v) is 2.40. The summed E-state index contributed by atoms with van der Waals surface area (Å²) >= 11 is 1.64. The second kappa shape index (κ2) is 3.61. The van der Waals surface area contributed by atoms with Gasteiger partial charge in [-0.25, -0.2) is 4.98 Å². The molecular weight excluding hydrogens is 220 g/mol. The average Bonchev–Trinajstić information content (AvgIpc) is 2.85. The van der Waals surface area contributed by atoms with Gasteiger partial charge in [0.05, 0.1) is 27.8 Å². The predicted octanol–water partition coefficient (Wildman–Crippen LogP) is 3.07. The van der Waals surface area contributed by atoms with Crippen LogP contribution in [0.15, 0.2) is 30.5 Å². The molecule has 0 radical (unpaired) electrons. The van der Waals surface area contributed by atoms with Crippen molar-refractivity contribution >= 4 is 32.4 Å². The fourth-order valence-electron chi connectivity index (χ4n) is 1.52. The first kappa shape index (κ1) is 9.35. The summed E-state index contributed by atoms with van der Waals surface area (Å²) < 4.78 is 1.19. The van der Waals surface area contributed by atoms with Crippen LogP contribution < -0.4 is 5.32 Å². The normalized spacial score (nSPS) is 10.8. The molecule has 80 valence electrons. The lowest BCUT2D eigenvalue weighted by Gasteiger charge is -1.97. The second-order valence-corrected chi connectivity index (χ2v) is 4.55. The van der Waals surface area contributed by atoms with Crippen LogP contribution in [-0.4, -0.2) is 15.2 Å². The molecule has 0 aliphatic heterocycles. The molecule has 0 spiro atoms. The number of nitrogens with one attached hydrogen (secondary N) is 2. The minimum absolute atomic E-state index is 0.894. The first-order valence-electron chi connectivity index (χ1n) is 4.95. The molecule has 16 heavy (non-hydrogen) atoms. The lowest BCUT2D eigenvalue weighted by Crippen LogP contribution is -1.89. The Labute approximate surface area is 96.3 Å². The number of nitrogens with zero attached hydrogens (tertiary/aromatic N) is 2. The largest absolute Gasteiger partial charge is 0.329 e. The van der Waals surface area contributed by atoms with Gasteiger partial charge in [-0.15, -0.1) is 0 Å². The molecule has 4 nitrogen and oxygen atoms in total. The SMILES string of the molecule is Cc1[nH]ncc1Nc1nc2ccccc2s1. The van der Waals surface area contributed by atoms with E-state index in [2.05, 4.69) is 26.6 Å². The van der Waals surface area contributed by atoms with E-state index >= 15 is 0 Å². The number of rotatable bonds is 2. The number of hydrogen-bond donors (Lipinski definition) is 2. The van der Waals surface area contributed by atoms with Crippen LogP contribution in [0.2, 0.25) is 0 Å². The summed E-state index contributed by atoms with van der Waals surface area (Å²) in [5.41, 5.74) is 3.01. The highest BCUT2D eigenvalue weighted by molar-refractivity contribution is 7.22. The maximum Gasteiger partial charge on any atom is 0.188 e. The molecule has 2 aromatic heterocycles. The number of thiazole rings is 1. The van der Waals surface area contributed by atoms with Crippen molar-refractivity contribution in [3.8, 4) is 0 Å². The van der Waals surface area contributed by atoms with Gasteiger partial charge in [-0.2, -0.15) is 5.10 Å². The minimum atomic E-state index is 0.894. The van der Waals surface area contributed by atoms with Crippen molar-refractivity contribution in [2.75, 3.05) is 5.32 Å². The molecule has 5 heteroatoms. The van der Waals surface area contributed by atoms with Gasteiger partial charge in [0.15, 0.2) is 5.13 Å². The first-order chi connectivity index (χ1) is 7.83. The van der Waals surface area contributed by atoms with E-state index in [0.717, 1.165) is 22.0 Å². The summed E-state index contributed by atoms with van der Waals surface area (Å²) in [5, 5.41) is 11.0. The number of aromatic nitrogens is 3. The quantitative estimate of drug-likeness (QED) is 0.711. The van der Waals surface area contributed by atoms with E-state index in [9.17, 15) is 0 Å². The minimum Gasteiger partial charge on any atom is -0.329 e. The highest BCUT2D eigenvalue weighted by Gasteiger charge is 2.05. The number of anilines is 2. The van der Waals surface area contributed by atoms with Gasteiger partial charge in [-0.05, 0) is 19.1 Å². The van der Waals surface area contributed by atoms with Crippen molar-refractivity contribution in [3.05, 3.63) is 36.2 Å². The van der Waals surface area contributed by atoms with Gasteiger partial charge in [0.2, 0.25) is 0 Å². The monoisotopic (exact) mass is 230 g/mol. The molecule has 3 aromatic rings. The lowest BCUT2D eigenvalue weighted by atomic mass is 10.3. The Morgan fingerprint density at radius 2 is 2.19 bits per heavy atom. The summed E-state index contributed by atoms with van der Waals surface area (Å²) in [6.45, 7) is 1.97. The van der Waals surface area contributed by atoms with Crippen LogP contribution in [0.4, 0.5) is 10.8 Å². The van der Waals surface area contributed by atoms with E-state index in [1.54, 1.807) is 17.5 Å². The lowest BCUT2D eigenvalue weighted by molar-refractivity contribution is 1.05. The summed E-state index contributed by atoms with van der Waals surface area (Å²) in [6, 6.07) is 8.10. The maximum atomic E-state index is 4.49. The molecule has 0 amide bonds. The number of para-hydroxylation sites is 1.